The molecule has 4 heteroatoms. The molecule has 0 bridgehead atoms. The van der Waals surface area contributed by atoms with Gasteiger partial charge in [0, 0.05) is 5.02 Å². The van der Waals surface area contributed by atoms with E-state index in [0.717, 1.165) is 6.07 Å². The second-order valence-corrected chi connectivity index (χ2v) is 2.83. The highest BCUT2D eigenvalue weighted by Crippen LogP contribution is 2.22. The highest BCUT2D eigenvalue weighted by atomic mass is 35.5. The van der Waals surface area contributed by atoms with Crippen LogP contribution in [0.3, 0.4) is 0 Å². The van der Waals surface area contributed by atoms with Crippen LogP contribution in [0.2, 0.25) is 5.02 Å². The standard InChI is InChI=1S/C8H8ClF2N/c9-7-2-1-5(11)3-6(7)8(12)4-10/h1-3,8H,4,12H2/t8-/m0/s1. The first-order chi connectivity index (χ1) is 5.65. The number of hydrogen-bond acceptors (Lipinski definition) is 1. The van der Waals surface area contributed by atoms with E-state index in [0.29, 0.717) is 10.6 Å². The van der Waals surface area contributed by atoms with Gasteiger partial charge in [-0.25, -0.2) is 8.78 Å². The minimum atomic E-state index is -0.840. The summed E-state index contributed by atoms with van der Waals surface area (Å²) in [4.78, 5) is 0. The molecule has 12 heavy (non-hydrogen) atoms. The van der Waals surface area contributed by atoms with Crippen molar-refractivity contribution in [1.29, 1.82) is 0 Å². The van der Waals surface area contributed by atoms with Crippen LogP contribution in [-0.4, -0.2) is 6.67 Å². The van der Waals surface area contributed by atoms with Gasteiger partial charge in [-0.15, -0.1) is 0 Å². The van der Waals surface area contributed by atoms with Crippen molar-refractivity contribution in [3.63, 3.8) is 0 Å². The summed E-state index contributed by atoms with van der Waals surface area (Å²) in [5.41, 5.74) is 5.64. The maximum atomic E-state index is 12.6. The number of nitrogens with two attached hydrogens (primary N) is 1. The Hall–Kier alpha value is -0.670. The van der Waals surface area contributed by atoms with Gasteiger partial charge in [-0.1, -0.05) is 11.6 Å². The molecule has 0 aliphatic carbocycles. The molecule has 0 saturated carbocycles. The molecule has 1 aromatic rings. The Morgan fingerprint density at radius 1 is 1.50 bits per heavy atom. The molecule has 0 amide bonds. The number of rotatable bonds is 2. The van der Waals surface area contributed by atoms with Crippen LogP contribution in [0.4, 0.5) is 8.78 Å². The Kier molecular flexibility index (Phi) is 3.00. The fraction of sp³-hybridized carbons (Fsp3) is 0.250. The molecule has 0 radical (unpaired) electrons. The Morgan fingerprint density at radius 2 is 2.17 bits per heavy atom. The van der Waals surface area contributed by atoms with Gasteiger partial charge in [0.1, 0.15) is 12.5 Å². The minimum absolute atomic E-state index is 0.293. The van der Waals surface area contributed by atoms with E-state index in [1.54, 1.807) is 0 Å². The summed E-state index contributed by atoms with van der Waals surface area (Å²) in [5, 5.41) is 0.293. The van der Waals surface area contributed by atoms with Gasteiger partial charge in [-0.05, 0) is 23.8 Å². The van der Waals surface area contributed by atoms with E-state index < -0.39 is 18.5 Å². The van der Waals surface area contributed by atoms with Crippen LogP contribution < -0.4 is 5.73 Å². The van der Waals surface area contributed by atoms with Crippen molar-refractivity contribution < 1.29 is 8.78 Å². The Bertz CT molecular complexity index is 278. The molecule has 66 valence electrons. The van der Waals surface area contributed by atoms with Crippen LogP contribution in [0.5, 0.6) is 0 Å². The van der Waals surface area contributed by atoms with Crippen molar-refractivity contribution in [2.75, 3.05) is 6.67 Å². The van der Waals surface area contributed by atoms with E-state index in [1.807, 2.05) is 0 Å². The van der Waals surface area contributed by atoms with Crippen LogP contribution in [0.25, 0.3) is 0 Å². The third-order valence-electron chi connectivity index (χ3n) is 1.52. The Balaban J connectivity index is 3.04. The van der Waals surface area contributed by atoms with Gasteiger partial charge >= 0.3 is 0 Å². The molecule has 0 aliphatic rings. The Labute approximate surface area is 74.1 Å². The van der Waals surface area contributed by atoms with E-state index in [4.69, 9.17) is 17.3 Å². The summed E-state index contributed by atoms with van der Waals surface area (Å²) in [6.45, 7) is -0.747. The zero-order valence-corrected chi connectivity index (χ0v) is 6.98. The van der Waals surface area contributed by atoms with Crippen LogP contribution in [0.1, 0.15) is 11.6 Å². The summed E-state index contributed by atoms with van der Waals surface area (Å²) in [6.07, 6.45) is 0. The summed E-state index contributed by atoms with van der Waals surface area (Å²) >= 11 is 5.66. The van der Waals surface area contributed by atoms with E-state index in [2.05, 4.69) is 0 Å². The topological polar surface area (TPSA) is 26.0 Å². The Morgan fingerprint density at radius 3 is 2.75 bits per heavy atom. The maximum Gasteiger partial charge on any atom is 0.123 e. The normalized spacial score (nSPS) is 13.0. The van der Waals surface area contributed by atoms with Crippen molar-refractivity contribution in [3.05, 3.63) is 34.6 Å². The molecule has 0 heterocycles. The average molecular weight is 192 g/mol. The lowest BCUT2D eigenvalue weighted by molar-refractivity contribution is 0.436. The van der Waals surface area contributed by atoms with Crippen LogP contribution in [0.15, 0.2) is 18.2 Å². The molecular formula is C8H8ClF2N. The number of halogens is 3. The number of hydrogen-bond donors (Lipinski definition) is 1. The average Bonchev–Trinajstić information content (AvgIpc) is 2.08. The van der Waals surface area contributed by atoms with Crippen LogP contribution >= 0.6 is 11.6 Å². The summed E-state index contributed by atoms with van der Waals surface area (Å²) < 4.78 is 24.7. The second-order valence-electron chi connectivity index (χ2n) is 2.43. The first-order valence-electron chi connectivity index (χ1n) is 3.41. The highest BCUT2D eigenvalue weighted by Gasteiger charge is 2.10. The van der Waals surface area contributed by atoms with E-state index in [9.17, 15) is 8.78 Å². The van der Waals surface area contributed by atoms with Crippen molar-refractivity contribution in [2.24, 2.45) is 5.73 Å². The van der Waals surface area contributed by atoms with Crippen LogP contribution in [-0.2, 0) is 0 Å². The van der Waals surface area contributed by atoms with E-state index >= 15 is 0 Å². The molecular weight excluding hydrogens is 184 g/mol. The minimum Gasteiger partial charge on any atom is -0.322 e. The predicted octanol–water partition coefficient (Wildman–Crippen LogP) is 2.45. The molecule has 0 saturated heterocycles. The first kappa shape index (κ1) is 9.42. The zero-order valence-electron chi connectivity index (χ0n) is 6.23. The van der Waals surface area contributed by atoms with Gasteiger partial charge in [-0.2, -0.15) is 0 Å². The summed E-state index contributed by atoms with van der Waals surface area (Å²) in [7, 11) is 0. The fourth-order valence-electron chi connectivity index (χ4n) is 0.882. The summed E-state index contributed by atoms with van der Waals surface area (Å²) in [6, 6.07) is 2.87. The second kappa shape index (κ2) is 3.83. The smallest absolute Gasteiger partial charge is 0.123 e. The SMILES string of the molecule is N[C@@H](CF)c1cc(F)ccc1Cl. The van der Waals surface area contributed by atoms with Gasteiger partial charge in [-0.3, -0.25) is 0 Å². The number of alkyl halides is 1. The predicted molar refractivity (Wildman–Crippen MR) is 44.3 cm³/mol. The summed E-state index contributed by atoms with van der Waals surface area (Å²) in [5.74, 6) is -0.460. The molecule has 0 aliphatic heterocycles. The van der Waals surface area contributed by atoms with Crippen LogP contribution in [0, 0.1) is 5.82 Å². The van der Waals surface area contributed by atoms with Crippen molar-refractivity contribution in [3.8, 4) is 0 Å². The zero-order chi connectivity index (χ0) is 9.14. The van der Waals surface area contributed by atoms with E-state index in [1.165, 1.54) is 12.1 Å². The maximum absolute atomic E-state index is 12.6. The lowest BCUT2D eigenvalue weighted by Crippen LogP contribution is -2.12. The highest BCUT2D eigenvalue weighted by molar-refractivity contribution is 6.31. The van der Waals surface area contributed by atoms with Gasteiger partial charge in [0.15, 0.2) is 0 Å². The largest absolute Gasteiger partial charge is 0.322 e. The quantitative estimate of drug-likeness (QED) is 0.764. The third-order valence-corrected chi connectivity index (χ3v) is 1.87. The van der Waals surface area contributed by atoms with Gasteiger partial charge < -0.3 is 5.73 Å². The molecule has 1 atom stereocenters. The molecule has 0 spiro atoms. The molecule has 0 unspecified atom stereocenters. The molecule has 0 aromatic heterocycles. The van der Waals surface area contributed by atoms with E-state index in [-0.39, 0.29) is 0 Å². The molecule has 1 aromatic carbocycles. The monoisotopic (exact) mass is 191 g/mol. The van der Waals surface area contributed by atoms with Crippen molar-refractivity contribution in [1.82, 2.24) is 0 Å². The fourth-order valence-corrected chi connectivity index (χ4v) is 1.14. The number of benzene rings is 1. The van der Waals surface area contributed by atoms with Crippen molar-refractivity contribution >= 4 is 11.6 Å². The molecule has 2 N–H and O–H groups in total. The lowest BCUT2D eigenvalue weighted by Gasteiger charge is -2.08. The first-order valence-corrected chi connectivity index (χ1v) is 3.79. The van der Waals surface area contributed by atoms with Gasteiger partial charge in [0.25, 0.3) is 0 Å². The van der Waals surface area contributed by atoms with Crippen molar-refractivity contribution in [2.45, 2.75) is 6.04 Å². The molecule has 1 nitrogen and oxygen atoms in total. The lowest BCUT2D eigenvalue weighted by atomic mass is 10.1. The van der Waals surface area contributed by atoms with Gasteiger partial charge in [0.05, 0.1) is 6.04 Å². The third kappa shape index (κ3) is 1.93. The van der Waals surface area contributed by atoms with Gasteiger partial charge in [0.2, 0.25) is 0 Å². The molecule has 1 rings (SSSR count). The molecule has 0 fully saturated rings.